The molecular weight excluding hydrogens is 350 g/mol. The van der Waals surface area contributed by atoms with Crippen LogP contribution in [0.1, 0.15) is 34.4 Å². The molecule has 0 saturated heterocycles. The van der Waals surface area contributed by atoms with Gasteiger partial charge in [0.05, 0.1) is 6.42 Å². The van der Waals surface area contributed by atoms with Crippen LogP contribution in [0.25, 0.3) is 10.9 Å². The minimum absolute atomic E-state index is 0.00624. The minimum atomic E-state index is -0.402. The highest BCUT2D eigenvalue weighted by molar-refractivity contribution is 5.92. The number of H-pyrrole nitrogens is 1. The molecule has 0 radical (unpaired) electrons. The molecular formula is C23H27N3O2. The highest BCUT2D eigenvalue weighted by Crippen LogP contribution is 2.27. The Labute approximate surface area is 165 Å². The van der Waals surface area contributed by atoms with Gasteiger partial charge < -0.3 is 15.6 Å². The molecule has 0 saturated carbocycles. The van der Waals surface area contributed by atoms with Crippen LogP contribution in [0.4, 0.5) is 0 Å². The summed E-state index contributed by atoms with van der Waals surface area (Å²) in [5.41, 5.74) is 11.8. The fourth-order valence-corrected chi connectivity index (χ4v) is 3.67. The fourth-order valence-electron chi connectivity index (χ4n) is 3.67. The number of nitrogens with one attached hydrogen (secondary N) is 1. The second-order valence-corrected chi connectivity index (χ2v) is 7.43. The van der Waals surface area contributed by atoms with Crippen molar-refractivity contribution in [3.05, 3.63) is 70.4 Å². The Morgan fingerprint density at radius 2 is 1.79 bits per heavy atom. The first kappa shape index (κ1) is 19.7. The van der Waals surface area contributed by atoms with Gasteiger partial charge in [-0.05, 0) is 43.5 Å². The van der Waals surface area contributed by atoms with E-state index in [2.05, 4.69) is 31.0 Å². The fraction of sp³-hybridized carbons (Fsp3) is 0.304. The van der Waals surface area contributed by atoms with Crippen LogP contribution in [-0.2, 0) is 22.6 Å². The van der Waals surface area contributed by atoms with E-state index in [4.69, 9.17) is 5.73 Å². The molecule has 5 heteroatoms. The van der Waals surface area contributed by atoms with Gasteiger partial charge in [0.1, 0.15) is 0 Å². The zero-order valence-electron chi connectivity index (χ0n) is 16.7. The monoisotopic (exact) mass is 377 g/mol. The number of carbonyl (C=O) groups excluding carboxylic acids is 2. The normalized spacial score (nSPS) is 11.0. The van der Waals surface area contributed by atoms with E-state index >= 15 is 0 Å². The van der Waals surface area contributed by atoms with Crippen LogP contribution in [0.15, 0.2) is 42.5 Å². The number of aryl methyl sites for hydroxylation is 3. The summed E-state index contributed by atoms with van der Waals surface area (Å²) < 4.78 is 0. The van der Waals surface area contributed by atoms with Crippen molar-refractivity contribution in [1.29, 1.82) is 0 Å². The number of nitrogens with zero attached hydrogens (tertiary/aromatic N) is 1. The molecule has 146 valence electrons. The van der Waals surface area contributed by atoms with Gasteiger partial charge in [-0.1, -0.05) is 42.0 Å². The number of primary amides is 1. The van der Waals surface area contributed by atoms with Gasteiger partial charge in [0.2, 0.25) is 11.8 Å². The van der Waals surface area contributed by atoms with Gasteiger partial charge in [-0.3, -0.25) is 9.59 Å². The largest absolute Gasteiger partial charge is 0.370 e. The first-order valence-corrected chi connectivity index (χ1v) is 9.53. The van der Waals surface area contributed by atoms with Gasteiger partial charge >= 0.3 is 0 Å². The maximum Gasteiger partial charge on any atom is 0.227 e. The van der Waals surface area contributed by atoms with E-state index in [1.165, 1.54) is 11.1 Å². The quantitative estimate of drug-likeness (QED) is 0.660. The standard InChI is InChI=1S/C23H27N3O2/c1-15-11-16(2)23-20(12-15)19(17(3)25-23)13-22(28)26(10-9-21(24)27)14-18-7-5-4-6-8-18/h4-8,11-12,25H,9-10,13-14H2,1-3H3,(H2,24,27). The summed E-state index contributed by atoms with van der Waals surface area (Å²) >= 11 is 0. The molecule has 2 amide bonds. The van der Waals surface area contributed by atoms with Crippen LogP contribution in [0.3, 0.4) is 0 Å². The van der Waals surface area contributed by atoms with Crippen molar-refractivity contribution < 1.29 is 9.59 Å². The van der Waals surface area contributed by atoms with E-state index in [-0.39, 0.29) is 12.3 Å². The average molecular weight is 377 g/mol. The van der Waals surface area contributed by atoms with Gasteiger partial charge in [-0.2, -0.15) is 0 Å². The lowest BCUT2D eigenvalue weighted by molar-refractivity contribution is -0.131. The number of rotatable bonds is 7. The number of carbonyl (C=O) groups is 2. The Hall–Kier alpha value is -3.08. The molecule has 2 aromatic carbocycles. The molecule has 0 aliphatic rings. The second-order valence-electron chi connectivity index (χ2n) is 7.43. The van der Waals surface area contributed by atoms with Crippen molar-refractivity contribution in [3.63, 3.8) is 0 Å². The highest BCUT2D eigenvalue weighted by Gasteiger charge is 2.19. The molecule has 1 aromatic heterocycles. The number of hydrogen-bond donors (Lipinski definition) is 2. The molecule has 0 unspecified atom stereocenters. The summed E-state index contributed by atoms with van der Waals surface area (Å²) in [5, 5.41) is 1.10. The molecule has 3 aromatic rings. The SMILES string of the molecule is Cc1cc(C)c2[nH]c(C)c(CC(=O)N(CCC(N)=O)Cc3ccccc3)c2c1. The number of hydrogen-bond acceptors (Lipinski definition) is 2. The van der Waals surface area contributed by atoms with Crippen molar-refractivity contribution in [1.82, 2.24) is 9.88 Å². The summed E-state index contributed by atoms with van der Waals surface area (Å²) in [4.78, 5) is 29.6. The molecule has 3 rings (SSSR count). The summed E-state index contributed by atoms with van der Waals surface area (Å²) in [6, 6.07) is 14.1. The highest BCUT2D eigenvalue weighted by atomic mass is 16.2. The molecule has 0 atom stereocenters. The molecule has 0 bridgehead atoms. The van der Waals surface area contributed by atoms with E-state index in [1.54, 1.807) is 4.90 Å². The van der Waals surface area contributed by atoms with Gasteiger partial charge in [0.25, 0.3) is 0 Å². The summed E-state index contributed by atoms with van der Waals surface area (Å²) in [7, 11) is 0. The van der Waals surface area contributed by atoms with Gasteiger partial charge in [0, 0.05) is 36.1 Å². The topological polar surface area (TPSA) is 79.2 Å². The van der Waals surface area contributed by atoms with E-state index in [1.807, 2.05) is 37.3 Å². The lowest BCUT2D eigenvalue weighted by atomic mass is 10.0. The Morgan fingerprint density at radius 1 is 1.07 bits per heavy atom. The zero-order valence-corrected chi connectivity index (χ0v) is 16.7. The summed E-state index contributed by atoms with van der Waals surface area (Å²) in [5.74, 6) is -0.409. The number of benzene rings is 2. The molecule has 0 aliphatic carbocycles. The third kappa shape index (κ3) is 4.42. The first-order chi connectivity index (χ1) is 13.3. The van der Waals surface area contributed by atoms with Crippen molar-refractivity contribution in [2.75, 3.05) is 6.54 Å². The van der Waals surface area contributed by atoms with Crippen LogP contribution in [0, 0.1) is 20.8 Å². The average Bonchev–Trinajstić information content (AvgIpc) is 2.95. The first-order valence-electron chi connectivity index (χ1n) is 9.53. The molecule has 0 fully saturated rings. The van der Waals surface area contributed by atoms with Crippen molar-refractivity contribution >= 4 is 22.7 Å². The predicted molar refractivity (Wildman–Crippen MR) is 112 cm³/mol. The van der Waals surface area contributed by atoms with Crippen LogP contribution in [0.5, 0.6) is 0 Å². The second kappa shape index (κ2) is 8.30. The number of fused-ring (bicyclic) bond motifs is 1. The van der Waals surface area contributed by atoms with Crippen molar-refractivity contribution in [2.24, 2.45) is 5.73 Å². The lowest BCUT2D eigenvalue weighted by Crippen LogP contribution is -2.34. The van der Waals surface area contributed by atoms with Gasteiger partial charge in [0.15, 0.2) is 0 Å². The minimum Gasteiger partial charge on any atom is -0.370 e. The summed E-state index contributed by atoms with van der Waals surface area (Å²) in [6.45, 7) is 6.93. The number of aromatic amines is 1. The molecule has 1 heterocycles. The van der Waals surface area contributed by atoms with E-state index in [0.717, 1.165) is 27.7 Å². The van der Waals surface area contributed by atoms with Crippen LogP contribution >= 0.6 is 0 Å². The van der Waals surface area contributed by atoms with Crippen LogP contribution in [0.2, 0.25) is 0 Å². The third-order valence-corrected chi connectivity index (χ3v) is 5.10. The van der Waals surface area contributed by atoms with Crippen LogP contribution < -0.4 is 5.73 Å². The van der Waals surface area contributed by atoms with Crippen molar-refractivity contribution in [2.45, 2.75) is 40.2 Å². The lowest BCUT2D eigenvalue weighted by Gasteiger charge is -2.22. The Balaban J connectivity index is 1.88. The third-order valence-electron chi connectivity index (χ3n) is 5.10. The van der Waals surface area contributed by atoms with Gasteiger partial charge in [-0.15, -0.1) is 0 Å². The molecule has 0 aliphatic heterocycles. The van der Waals surface area contributed by atoms with Crippen LogP contribution in [-0.4, -0.2) is 28.2 Å². The molecule has 3 N–H and O–H groups in total. The Kier molecular flexibility index (Phi) is 5.83. The molecule has 0 spiro atoms. The van der Waals surface area contributed by atoms with E-state index in [0.29, 0.717) is 19.5 Å². The van der Waals surface area contributed by atoms with Gasteiger partial charge in [-0.25, -0.2) is 0 Å². The van der Waals surface area contributed by atoms with E-state index < -0.39 is 5.91 Å². The molecule has 28 heavy (non-hydrogen) atoms. The Bertz CT molecular complexity index is 1010. The Morgan fingerprint density at radius 3 is 2.46 bits per heavy atom. The number of nitrogens with two attached hydrogens (primary N) is 1. The summed E-state index contributed by atoms with van der Waals surface area (Å²) in [6.07, 6.45) is 0.448. The van der Waals surface area contributed by atoms with E-state index in [9.17, 15) is 9.59 Å². The maximum atomic E-state index is 13.2. The molecule has 5 nitrogen and oxygen atoms in total. The maximum absolute atomic E-state index is 13.2. The smallest absolute Gasteiger partial charge is 0.227 e. The number of amides is 2. The van der Waals surface area contributed by atoms with Crippen molar-refractivity contribution in [3.8, 4) is 0 Å². The number of aromatic nitrogens is 1. The zero-order chi connectivity index (χ0) is 20.3. The predicted octanol–water partition coefficient (Wildman–Crippen LogP) is 3.54.